The number of pyridine rings is 1. The average molecular weight is 368 g/mol. The number of aromatic nitrogens is 3. The highest BCUT2D eigenvalue weighted by atomic mass is 16.5. The van der Waals surface area contributed by atoms with Gasteiger partial charge in [-0.3, -0.25) is 0 Å². The summed E-state index contributed by atoms with van der Waals surface area (Å²) in [6.45, 7) is 5.29. The van der Waals surface area contributed by atoms with E-state index in [1.54, 1.807) is 20.4 Å². The zero-order valence-electron chi connectivity index (χ0n) is 16.3. The SMILES string of the molecule is COc1cccc(-c2noc(-c3ccc(N(C)CC(C)C)nc3)n2)c1OC. The fourth-order valence-corrected chi connectivity index (χ4v) is 2.89. The van der Waals surface area contributed by atoms with Gasteiger partial charge in [-0.2, -0.15) is 4.98 Å². The van der Waals surface area contributed by atoms with Crippen LogP contribution in [0.4, 0.5) is 5.82 Å². The number of benzene rings is 1. The van der Waals surface area contributed by atoms with E-state index in [2.05, 4.69) is 33.9 Å². The zero-order valence-corrected chi connectivity index (χ0v) is 16.3. The molecule has 3 aromatic rings. The Labute approximate surface area is 158 Å². The molecule has 0 spiro atoms. The largest absolute Gasteiger partial charge is 0.493 e. The number of methoxy groups -OCH3 is 2. The van der Waals surface area contributed by atoms with Crippen LogP contribution in [0.5, 0.6) is 11.5 Å². The molecule has 2 aromatic heterocycles. The van der Waals surface area contributed by atoms with Crippen LogP contribution in [0.25, 0.3) is 22.8 Å². The van der Waals surface area contributed by atoms with Gasteiger partial charge < -0.3 is 18.9 Å². The van der Waals surface area contributed by atoms with E-state index in [1.165, 1.54) is 0 Å². The molecule has 0 saturated heterocycles. The van der Waals surface area contributed by atoms with Gasteiger partial charge in [0.2, 0.25) is 5.82 Å². The van der Waals surface area contributed by atoms with Crippen LogP contribution in [0.2, 0.25) is 0 Å². The molecule has 2 heterocycles. The molecular formula is C20H24N4O3. The highest BCUT2D eigenvalue weighted by Crippen LogP contribution is 2.37. The normalized spacial score (nSPS) is 10.9. The third-order valence-corrected chi connectivity index (χ3v) is 4.09. The molecule has 0 amide bonds. The lowest BCUT2D eigenvalue weighted by atomic mass is 10.1. The fraction of sp³-hybridized carbons (Fsp3) is 0.350. The van der Waals surface area contributed by atoms with Gasteiger partial charge in [-0.15, -0.1) is 0 Å². The van der Waals surface area contributed by atoms with Crippen molar-refractivity contribution in [3.05, 3.63) is 36.5 Å². The van der Waals surface area contributed by atoms with Crippen molar-refractivity contribution in [1.29, 1.82) is 0 Å². The monoisotopic (exact) mass is 368 g/mol. The first kappa shape index (κ1) is 18.7. The van der Waals surface area contributed by atoms with Crippen LogP contribution >= 0.6 is 0 Å². The fourth-order valence-electron chi connectivity index (χ4n) is 2.89. The number of ether oxygens (including phenoxy) is 2. The van der Waals surface area contributed by atoms with Crippen LogP contribution in [0, 0.1) is 5.92 Å². The minimum atomic E-state index is 0.403. The summed E-state index contributed by atoms with van der Waals surface area (Å²) in [5.41, 5.74) is 1.46. The van der Waals surface area contributed by atoms with Gasteiger partial charge in [-0.1, -0.05) is 25.1 Å². The van der Waals surface area contributed by atoms with E-state index in [1.807, 2.05) is 37.4 Å². The first-order chi connectivity index (χ1) is 13.0. The number of hydrogen-bond donors (Lipinski definition) is 0. The molecule has 7 heteroatoms. The van der Waals surface area contributed by atoms with Crippen molar-refractivity contribution in [2.24, 2.45) is 5.92 Å². The number of anilines is 1. The number of nitrogens with zero attached hydrogens (tertiary/aromatic N) is 4. The molecule has 7 nitrogen and oxygen atoms in total. The van der Waals surface area contributed by atoms with Crippen LogP contribution in [-0.4, -0.2) is 42.9 Å². The van der Waals surface area contributed by atoms with Gasteiger partial charge in [0.05, 0.1) is 25.3 Å². The second kappa shape index (κ2) is 8.07. The van der Waals surface area contributed by atoms with Crippen LogP contribution in [-0.2, 0) is 0 Å². The first-order valence-electron chi connectivity index (χ1n) is 8.76. The highest BCUT2D eigenvalue weighted by molar-refractivity contribution is 5.69. The standard InChI is InChI=1S/C20H24N4O3/c1-13(2)12-24(3)17-10-9-14(11-21-17)20-22-19(23-27-20)15-7-6-8-16(25-4)18(15)26-5/h6-11,13H,12H2,1-5H3. The van der Waals surface area contributed by atoms with Gasteiger partial charge >= 0.3 is 0 Å². The van der Waals surface area contributed by atoms with Crippen LogP contribution in [0.1, 0.15) is 13.8 Å². The van der Waals surface area contributed by atoms with E-state index in [4.69, 9.17) is 14.0 Å². The molecular weight excluding hydrogens is 344 g/mol. The predicted octanol–water partition coefficient (Wildman–Crippen LogP) is 3.91. The number of hydrogen-bond acceptors (Lipinski definition) is 7. The van der Waals surface area contributed by atoms with Gasteiger partial charge in [0, 0.05) is 19.8 Å². The number of para-hydroxylation sites is 1. The van der Waals surface area contributed by atoms with Crippen molar-refractivity contribution in [3.8, 4) is 34.3 Å². The van der Waals surface area contributed by atoms with Gasteiger partial charge in [0.1, 0.15) is 5.82 Å². The Bertz CT molecular complexity index is 890. The van der Waals surface area contributed by atoms with Gasteiger partial charge in [-0.25, -0.2) is 4.98 Å². The van der Waals surface area contributed by atoms with Gasteiger partial charge in [0.25, 0.3) is 5.89 Å². The van der Waals surface area contributed by atoms with Crippen molar-refractivity contribution in [2.75, 3.05) is 32.7 Å². The van der Waals surface area contributed by atoms with Crippen molar-refractivity contribution in [1.82, 2.24) is 15.1 Å². The summed E-state index contributed by atoms with van der Waals surface area (Å²) in [4.78, 5) is 11.1. The maximum Gasteiger partial charge on any atom is 0.259 e. The topological polar surface area (TPSA) is 73.5 Å². The molecule has 0 unspecified atom stereocenters. The van der Waals surface area contributed by atoms with Crippen molar-refractivity contribution in [2.45, 2.75) is 13.8 Å². The summed E-state index contributed by atoms with van der Waals surface area (Å²) in [6.07, 6.45) is 1.74. The number of rotatable bonds is 7. The summed E-state index contributed by atoms with van der Waals surface area (Å²) in [7, 11) is 5.20. The van der Waals surface area contributed by atoms with E-state index in [9.17, 15) is 0 Å². The second-order valence-corrected chi connectivity index (χ2v) is 6.64. The Hall–Kier alpha value is -3.09. The summed E-state index contributed by atoms with van der Waals surface area (Å²) >= 11 is 0. The van der Waals surface area contributed by atoms with Crippen molar-refractivity contribution < 1.29 is 14.0 Å². The predicted molar refractivity (Wildman–Crippen MR) is 104 cm³/mol. The lowest BCUT2D eigenvalue weighted by molar-refractivity contribution is 0.355. The highest BCUT2D eigenvalue weighted by Gasteiger charge is 2.18. The van der Waals surface area contributed by atoms with E-state index in [-0.39, 0.29) is 0 Å². The Morgan fingerprint density at radius 1 is 1.11 bits per heavy atom. The molecule has 0 aliphatic rings. The molecule has 0 radical (unpaired) electrons. The molecule has 0 bridgehead atoms. The molecule has 0 aliphatic carbocycles. The molecule has 0 atom stereocenters. The minimum absolute atomic E-state index is 0.403. The molecule has 0 N–H and O–H groups in total. The first-order valence-corrected chi connectivity index (χ1v) is 8.76. The maximum atomic E-state index is 5.45. The van der Waals surface area contributed by atoms with Crippen molar-refractivity contribution >= 4 is 5.82 Å². The summed E-state index contributed by atoms with van der Waals surface area (Å²) < 4.78 is 16.2. The Balaban J connectivity index is 1.86. The molecule has 142 valence electrons. The van der Waals surface area contributed by atoms with E-state index >= 15 is 0 Å². The minimum Gasteiger partial charge on any atom is -0.493 e. The Kier molecular flexibility index (Phi) is 5.59. The third kappa shape index (κ3) is 4.02. The molecule has 0 aliphatic heterocycles. The zero-order chi connectivity index (χ0) is 19.4. The maximum absolute atomic E-state index is 5.45. The smallest absolute Gasteiger partial charge is 0.259 e. The molecule has 0 fully saturated rings. The molecule has 1 aromatic carbocycles. The lowest BCUT2D eigenvalue weighted by Gasteiger charge is -2.20. The molecule has 27 heavy (non-hydrogen) atoms. The van der Waals surface area contributed by atoms with Crippen molar-refractivity contribution in [3.63, 3.8) is 0 Å². The Morgan fingerprint density at radius 3 is 2.56 bits per heavy atom. The quantitative estimate of drug-likeness (QED) is 0.626. The second-order valence-electron chi connectivity index (χ2n) is 6.64. The third-order valence-electron chi connectivity index (χ3n) is 4.09. The van der Waals surface area contributed by atoms with Gasteiger partial charge in [-0.05, 0) is 30.2 Å². The molecule has 0 saturated carbocycles. The van der Waals surface area contributed by atoms with E-state index in [0.717, 1.165) is 17.9 Å². The van der Waals surface area contributed by atoms with Gasteiger partial charge in [0.15, 0.2) is 11.5 Å². The van der Waals surface area contributed by atoms with Crippen LogP contribution in [0.15, 0.2) is 41.1 Å². The summed E-state index contributed by atoms with van der Waals surface area (Å²) in [5.74, 6) is 3.48. The average Bonchev–Trinajstić information content (AvgIpc) is 3.16. The lowest BCUT2D eigenvalue weighted by Crippen LogP contribution is -2.23. The summed E-state index contributed by atoms with van der Waals surface area (Å²) in [6, 6.07) is 9.42. The van der Waals surface area contributed by atoms with Crippen LogP contribution in [0.3, 0.4) is 0 Å². The summed E-state index contributed by atoms with van der Waals surface area (Å²) in [5, 5.41) is 4.08. The molecule has 3 rings (SSSR count). The van der Waals surface area contributed by atoms with E-state index < -0.39 is 0 Å². The van der Waals surface area contributed by atoms with Crippen LogP contribution < -0.4 is 14.4 Å². The Morgan fingerprint density at radius 2 is 1.93 bits per heavy atom. The van der Waals surface area contributed by atoms with E-state index in [0.29, 0.717) is 34.7 Å².